The Hall–Kier alpha value is -2.84. The molecule has 1 N–H and O–H groups in total. The number of hydrogen-bond acceptors (Lipinski definition) is 4. The van der Waals surface area contributed by atoms with Gasteiger partial charge in [0.1, 0.15) is 6.54 Å². The van der Waals surface area contributed by atoms with Crippen LogP contribution < -0.4 is 5.32 Å². The van der Waals surface area contributed by atoms with E-state index in [2.05, 4.69) is 20.5 Å². The van der Waals surface area contributed by atoms with Crippen LogP contribution in [0.2, 0.25) is 0 Å². The zero-order valence-corrected chi connectivity index (χ0v) is 16.6. The van der Waals surface area contributed by atoms with Crippen molar-refractivity contribution in [1.29, 1.82) is 0 Å². The molecule has 28 heavy (non-hydrogen) atoms. The van der Waals surface area contributed by atoms with Gasteiger partial charge in [-0.25, -0.2) is 18.4 Å². The largest absolute Gasteiger partial charge is 0.348 e. The fourth-order valence-corrected chi connectivity index (χ4v) is 3.42. The van der Waals surface area contributed by atoms with Crippen LogP contribution >= 0.6 is 0 Å². The third-order valence-electron chi connectivity index (χ3n) is 4.72. The molecule has 1 amide bonds. The number of hydrogen-bond donors (Lipinski definition) is 1. The van der Waals surface area contributed by atoms with E-state index >= 15 is 0 Å². The highest BCUT2D eigenvalue weighted by Gasteiger charge is 2.21. The summed E-state index contributed by atoms with van der Waals surface area (Å²) in [6.45, 7) is 9.71. The van der Waals surface area contributed by atoms with Gasteiger partial charge in [-0.1, -0.05) is 0 Å². The minimum atomic E-state index is -2.63. The fraction of sp³-hybridized carbons (Fsp3) is 0.474. The standard InChI is InChI=1S/C19H24F2N6O/c1-6-26-8-15(12(4)24-26)11(3)23-16(28)9-27-19-17(13(5)25-27)14(18(20)21)7-10(2)22-19/h7-8,11,18H,6,9H2,1-5H3,(H,23,28). The van der Waals surface area contributed by atoms with E-state index in [0.29, 0.717) is 22.4 Å². The van der Waals surface area contributed by atoms with Crippen molar-refractivity contribution >= 4 is 16.9 Å². The van der Waals surface area contributed by atoms with Gasteiger partial charge in [0.25, 0.3) is 6.43 Å². The molecule has 3 heterocycles. The van der Waals surface area contributed by atoms with Crippen molar-refractivity contribution in [3.05, 3.63) is 40.5 Å². The molecule has 1 atom stereocenters. The Labute approximate surface area is 161 Å². The molecule has 0 aromatic carbocycles. The van der Waals surface area contributed by atoms with Crippen LogP contribution in [0.4, 0.5) is 8.78 Å². The van der Waals surface area contributed by atoms with Gasteiger partial charge in [0, 0.05) is 29.6 Å². The van der Waals surface area contributed by atoms with Gasteiger partial charge in [-0.05, 0) is 40.7 Å². The van der Waals surface area contributed by atoms with Crippen molar-refractivity contribution in [3.8, 4) is 0 Å². The molecule has 0 radical (unpaired) electrons. The van der Waals surface area contributed by atoms with Gasteiger partial charge in [-0.15, -0.1) is 0 Å². The maximum Gasteiger partial charge on any atom is 0.264 e. The van der Waals surface area contributed by atoms with Gasteiger partial charge < -0.3 is 5.32 Å². The number of rotatable bonds is 6. The average Bonchev–Trinajstić information content (AvgIpc) is 3.14. The minimum Gasteiger partial charge on any atom is -0.348 e. The second-order valence-corrected chi connectivity index (χ2v) is 6.91. The Balaban J connectivity index is 1.84. The van der Waals surface area contributed by atoms with Crippen LogP contribution in [0.1, 0.15) is 54.5 Å². The van der Waals surface area contributed by atoms with Gasteiger partial charge in [0.2, 0.25) is 5.91 Å². The predicted octanol–water partition coefficient (Wildman–Crippen LogP) is 3.39. The van der Waals surface area contributed by atoms with Gasteiger partial charge in [-0.3, -0.25) is 9.48 Å². The van der Waals surface area contributed by atoms with Crippen LogP contribution in [-0.4, -0.2) is 30.5 Å². The summed E-state index contributed by atoms with van der Waals surface area (Å²) >= 11 is 0. The molecular formula is C19H24F2N6O. The molecule has 1 unspecified atom stereocenters. The summed E-state index contributed by atoms with van der Waals surface area (Å²) in [6.07, 6.45) is -0.722. The summed E-state index contributed by atoms with van der Waals surface area (Å²) in [7, 11) is 0. The van der Waals surface area contributed by atoms with Crippen molar-refractivity contribution < 1.29 is 13.6 Å². The van der Waals surface area contributed by atoms with Gasteiger partial charge in [0.15, 0.2) is 5.65 Å². The van der Waals surface area contributed by atoms with E-state index in [0.717, 1.165) is 17.8 Å². The Bertz CT molecular complexity index is 1020. The molecule has 3 rings (SSSR count). The van der Waals surface area contributed by atoms with Crippen LogP contribution in [0.5, 0.6) is 0 Å². The highest BCUT2D eigenvalue weighted by atomic mass is 19.3. The third-order valence-corrected chi connectivity index (χ3v) is 4.72. The SMILES string of the molecule is CCn1cc(C(C)NC(=O)Cn2nc(C)c3c(C(F)F)cc(C)nc32)c(C)n1. The summed E-state index contributed by atoms with van der Waals surface area (Å²) in [6, 6.07) is 1.13. The zero-order valence-electron chi connectivity index (χ0n) is 16.6. The number of amides is 1. The van der Waals surface area contributed by atoms with E-state index in [1.165, 1.54) is 10.7 Å². The summed E-state index contributed by atoms with van der Waals surface area (Å²) < 4.78 is 30.0. The van der Waals surface area contributed by atoms with Gasteiger partial charge >= 0.3 is 0 Å². The van der Waals surface area contributed by atoms with Crippen molar-refractivity contribution in [2.45, 2.75) is 60.2 Å². The molecule has 9 heteroatoms. The van der Waals surface area contributed by atoms with Crippen LogP contribution in [0.15, 0.2) is 12.3 Å². The lowest BCUT2D eigenvalue weighted by atomic mass is 10.1. The number of aromatic nitrogens is 5. The van der Waals surface area contributed by atoms with Crippen LogP contribution in [0.3, 0.4) is 0 Å². The zero-order chi connectivity index (χ0) is 20.6. The first kappa shape index (κ1) is 19.9. The number of fused-ring (bicyclic) bond motifs is 1. The molecule has 7 nitrogen and oxygen atoms in total. The van der Waals surface area contributed by atoms with E-state index in [4.69, 9.17) is 0 Å². The second kappa shape index (κ2) is 7.65. The molecule has 150 valence electrons. The number of nitrogens with one attached hydrogen (secondary N) is 1. The number of alkyl halides is 2. The maximum atomic E-state index is 13.4. The Morgan fingerprint density at radius 1 is 1.18 bits per heavy atom. The number of pyridine rings is 1. The lowest BCUT2D eigenvalue weighted by molar-refractivity contribution is -0.122. The second-order valence-electron chi connectivity index (χ2n) is 6.91. The summed E-state index contributed by atoms with van der Waals surface area (Å²) in [5, 5.41) is 11.9. The molecule has 0 aliphatic heterocycles. The number of halogens is 2. The molecule has 0 fully saturated rings. The van der Waals surface area contributed by atoms with Crippen molar-refractivity contribution in [2.75, 3.05) is 0 Å². The first-order chi connectivity index (χ1) is 13.2. The molecule has 0 bridgehead atoms. The maximum absolute atomic E-state index is 13.4. The monoisotopic (exact) mass is 390 g/mol. The summed E-state index contributed by atoms with van der Waals surface area (Å²) in [4.78, 5) is 16.9. The molecule has 0 saturated carbocycles. The molecule has 3 aromatic heterocycles. The van der Waals surface area contributed by atoms with E-state index in [-0.39, 0.29) is 24.1 Å². The first-order valence-electron chi connectivity index (χ1n) is 9.17. The highest BCUT2D eigenvalue weighted by molar-refractivity contribution is 5.84. The molecule has 0 aliphatic carbocycles. The lowest BCUT2D eigenvalue weighted by Gasteiger charge is -2.13. The van der Waals surface area contributed by atoms with Crippen LogP contribution in [0, 0.1) is 20.8 Å². The Morgan fingerprint density at radius 2 is 1.89 bits per heavy atom. The van der Waals surface area contributed by atoms with Gasteiger partial charge in [0.05, 0.1) is 22.8 Å². The summed E-state index contributed by atoms with van der Waals surface area (Å²) in [5.74, 6) is -0.276. The molecular weight excluding hydrogens is 366 g/mol. The smallest absolute Gasteiger partial charge is 0.264 e. The number of aryl methyl sites for hydroxylation is 4. The molecule has 0 spiro atoms. The average molecular weight is 390 g/mol. The van der Waals surface area contributed by atoms with Crippen molar-refractivity contribution in [2.24, 2.45) is 0 Å². The predicted molar refractivity (Wildman–Crippen MR) is 101 cm³/mol. The normalized spacial score (nSPS) is 12.7. The van der Waals surface area contributed by atoms with E-state index in [1.54, 1.807) is 13.8 Å². The minimum absolute atomic E-state index is 0.102. The molecule has 3 aromatic rings. The van der Waals surface area contributed by atoms with E-state index in [1.807, 2.05) is 31.6 Å². The third kappa shape index (κ3) is 3.74. The molecule has 0 saturated heterocycles. The van der Waals surface area contributed by atoms with Crippen LogP contribution in [0.25, 0.3) is 11.0 Å². The number of carbonyl (C=O) groups is 1. The van der Waals surface area contributed by atoms with Gasteiger partial charge in [-0.2, -0.15) is 10.2 Å². The number of nitrogens with zero attached hydrogens (tertiary/aromatic N) is 5. The summed E-state index contributed by atoms with van der Waals surface area (Å²) in [5.41, 5.74) is 2.87. The van der Waals surface area contributed by atoms with E-state index in [9.17, 15) is 13.6 Å². The van der Waals surface area contributed by atoms with Crippen LogP contribution in [-0.2, 0) is 17.9 Å². The van der Waals surface area contributed by atoms with Crippen molar-refractivity contribution in [3.63, 3.8) is 0 Å². The fourth-order valence-electron chi connectivity index (χ4n) is 3.42. The lowest BCUT2D eigenvalue weighted by Crippen LogP contribution is -2.30. The highest BCUT2D eigenvalue weighted by Crippen LogP contribution is 2.29. The number of carbonyl (C=O) groups excluding carboxylic acids is 1. The molecule has 0 aliphatic rings. The first-order valence-corrected chi connectivity index (χ1v) is 9.17. The quantitative estimate of drug-likeness (QED) is 0.700. The Morgan fingerprint density at radius 3 is 2.50 bits per heavy atom. The topological polar surface area (TPSA) is 77.6 Å². The Kier molecular flexibility index (Phi) is 5.44. The van der Waals surface area contributed by atoms with E-state index < -0.39 is 6.43 Å². The van der Waals surface area contributed by atoms with Crippen molar-refractivity contribution in [1.82, 2.24) is 29.9 Å².